The summed E-state index contributed by atoms with van der Waals surface area (Å²) in [5.41, 5.74) is 0.991. The first-order valence-corrected chi connectivity index (χ1v) is 5.37. The van der Waals surface area contributed by atoms with Crippen molar-refractivity contribution >= 4 is 23.4 Å². The number of hydrogen-bond acceptors (Lipinski definition) is 3. The number of hydrogen-bond donors (Lipinski definition) is 2. The van der Waals surface area contributed by atoms with Gasteiger partial charge in [-0.15, -0.1) is 0 Å². The predicted molar refractivity (Wildman–Crippen MR) is 61.4 cm³/mol. The standard InChI is InChI=1S/C12H9ClO4/c13-8-3-1-2-6-4-5-7(10(14)9(6)8)11(15)12(16)17/h1-3,15H,4-5H2,(H,16,17). The van der Waals surface area contributed by atoms with Crippen molar-refractivity contribution in [1.82, 2.24) is 0 Å². The number of fused-ring (bicyclic) bond motifs is 1. The first-order valence-electron chi connectivity index (χ1n) is 5.00. The summed E-state index contributed by atoms with van der Waals surface area (Å²) in [7, 11) is 0. The third kappa shape index (κ3) is 1.91. The first kappa shape index (κ1) is 11.7. The van der Waals surface area contributed by atoms with E-state index < -0.39 is 17.5 Å². The van der Waals surface area contributed by atoms with Gasteiger partial charge in [0.25, 0.3) is 0 Å². The number of aliphatic hydroxyl groups is 1. The number of Topliss-reactive ketones (excluding diaryl/α,β-unsaturated/α-hetero) is 1. The molecule has 0 atom stereocenters. The van der Waals surface area contributed by atoms with Crippen LogP contribution in [0.25, 0.3) is 0 Å². The molecule has 0 aromatic heterocycles. The summed E-state index contributed by atoms with van der Waals surface area (Å²) in [4.78, 5) is 22.7. The topological polar surface area (TPSA) is 74.6 Å². The molecule has 0 heterocycles. The minimum absolute atomic E-state index is 0.0851. The van der Waals surface area contributed by atoms with Crippen molar-refractivity contribution in [2.75, 3.05) is 0 Å². The Labute approximate surface area is 102 Å². The van der Waals surface area contributed by atoms with E-state index in [0.29, 0.717) is 12.0 Å². The number of carbonyl (C=O) groups is 2. The number of ketones is 1. The van der Waals surface area contributed by atoms with E-state index in [2.05, 4.69) is 0 Å². The highest BCUT2D eigenvalue weighted by molar-refractivity contribution is 6.35. The van der Waals surface area contributed by atoms with Gasteiger partial charge in [-0.2, -0.15) is 0 Å². The van der Waals surface area contributed by atoms with Crippen LogP contribution in [0.2, 0.25) is 5.02 Å². The number of aliphatic carboxylic acids is 1. The van der Waals surface area contributed by atoms with E-state index in [1.54, 1.807) is 18.2 Å². The van der Waals surface area contributed by atoms with Gasteiger partial charge in [-0.3, -0.25) is 4.79 Å². The fraction of sp³-hybridized carbons (Fsp3) is 0.167. The van der Waals surface area contributed by atoms with Gasteiger partial charge >= 0.3 is 5.97 Å². The quantitative estimate of drug-likeness (QED) is 0.594. The van der Waals surface area contributed by atoms with E-state index in [1.807, 2.05) is 0 Å². The number of carbonyl (C=O) groups excluding carboxylic acids is 1. The Bertz CT molecular complexity index is 545. The van der Waals surface area contributed by atoms with E-state index in [9.17, 15) is 14.7 Å². The fourth-order valence-corrected chi connectivity index (χ4v) is 2.19. The fourth-order valence-electron chi connectivity index (χ4n) is 1.91. The normalized spacial score (nSPS) is 17.6. The predicted octanol–water partition coefficient (Wildman–Crippen LogP) is 2.37. The number of allylic oxidation sites excluding steroid dienone is 1. The molecule has 0 bridgehead atoms. The highest BCUT2D eigenvalue weighted by Crippen LogP contribution is 2.31. The molecule has 88 valence electrons. The summed E-state index contributed by atoms with van der Waals surface area (Å²) in [5, 5.41) is 18.3. The van der Waals surface area contributed by atoms with Gasteiger partial charge in [0.2, 0.25) is 5.76 Å². The lowest BCUT2D eigenvalue weighted by molar-refractivity contribution is -0.135. The highest BCUT2D eigenvalue weighted by atomic mass is 35.5. The van der Waals surface area contributed by atoms with Crippen LogP contribution in [-0.4, -0.2) is 22.0 Å². The molecule has 17 heavy (non-hydrogen) atoms. The number of halogens is 1. The van der Waals surface area contributed by atoms with Gasteiger partial charge in [-0.25, -0.2) is 4.79 Å². The van der Waals surface area contributed by atoms with Crippen LogP contribution in [0.15, 0.2) is 29.5 Å². The van der Waals surface area contributed by atoms with Crippen LogP contribution in [-0.2, 0) is 11.2 Å². The lowest BCUT2D eigenvalue weighted by Gasteiger charge is -2.18. The highest BCUT2D eigenvalue weighted by Gasteiger charge is 2.28. The van der Waals surface area contributed by atoms with Crippen LogP contribution in [0.4, 0.5) is 0 Å². The molecule has 1 aliphatic rings. The van der Waals surface area contributed by atoms with E-state index in [-0.39, 0.29) is 17.0 Å². The zero-order valence-corrected chi connectivity index (χ0v) is 9.49. The number of benzene rings is 1. The number of aryl methyl sites for hydroxylation is 1. The van der Waals surface area contributed by atoms with Crippen LogP contribution < -0.4 is 0 Å². The van der Waals surface area contributed by atoms with Gasteiger partial charge in [0.1, 0.15) is 0 Å². The molecule has 2 rings (SSSR count). The monoisotopic (exact) mass is 252 g/mol. The number of carboxylic acid groups (broad SMARTS) is 1. The molecule has 0 unspecified atom stereocenters. The zero-order valence-electron chi connectivity index (χ0n) is 8.74. The second-order valence-electron chi connectivity index (χ2n) is 3.74. The van der Waals surface area contributed by atoms with Gasteiger partial charge < -0.3 is 10.2 Å². The lowest BCUT2D eigenvalue weighted by Crippen LogP contribution is -2.19. The molecule has 1 aromatic carbocycles. The van der Waals surface area contributed by atoms with Gasteiger partial charge in [0.15, 0.2) is 5.78 Å². The van der Waals surface area contributed by atoms with Gasteiger partial charge in [-0.05, 0) is 24.5 Å². The lowest BCUT2D eigenvalue weighted by atomic mass is 9.86. The summed E-state index contributed by atoms with van der Waals surface area (Å²) in [5.74, 6) is -2.89. The van der Waals surface area contributed by atoms with Crippen LogP contribution in [0, 0.1) is 0 Å². The minimum Gasteiger partial charge on any atom is -0.502 e. The molecule has 0 radical (unpaired) electrons. The van der Waals surface area contributed by atoms with Crippen LogP contribution in [0.5, 0.6) is 0 Å². The Morgan fingerprint density at radius 3 is 2.59 bits per heavy atom. The summed E-state index contributed by atoms with van der Waals surface area (Å²) < 4.78 is 0. The Morgan fingerprint density at radius 2 is 1.94 bits per heavy atom. The Kier molecular flexibility index (Phi) is 2.90. The Balaban J connectivity index is 2.58. The van der Waals surface area contributed by atoms with Crippen molar-refractivity contribution in [1.29, 1.82) is 0 Å². The van der Waals surface area contributed by atoms with Gasteiger partial charge in [0, 0.05) is 11.1 Å². The largest absolute Gasteiger partial charge is 0.502 e. The molecule has 0 saturated heterocycles. The van der Waals surface area contributed by atoms with E-state index in [4.69, 9.17) is 16.7 Å². The maximum absolute atomic E-state index is 12.0. The van der Waals surface area contributed by atoms with Crippen LogP contribution >= 0.6 is 11.6 Å². The minimum atomic E-state index is -1.50. The SMILES string of the molecule is O=C(O)C(O)=C1CCc2cccc(Cl)c2C1=O. The molecule has 0 aliphatic heterocycles. The molecule has 1 aliphatic carbocycles. The summed E-state index contributed by atoms with van der Waals surface area (Å²) in [6, 6.07) is 5.08. The number of carboxylic acids is 1. The average molecular weight is 253 g/mol. The van der Waals surface area contributed by atoms with Crippen molar-refractivity contribution in [3.05, 3.63) is 45.7 Å². The molecule has 0 amide bonds. The number of aliphatic hydroxyl groups excluding tert-OH is 1. The third-order valence-electron chi connectivity index (χ3n) is 2.73. The maximum Gasteiger partial charge on any atom is 0.371 e. The second kappa shape index (κ2) is 4.22. The van der Waals surface area contributed by atoms with Crippen molar-refractivity contribution in [3.63, 3.8) is 0 Å². The summed E-state index contributed by atoms with van der Waals surface area (Å²) in [6.07, 6.45) is 0.707. The Morgan fingerprint density at radius 1 is 1.24 bits per heavy atom. The Hall–Kier alpha value is -1.81. The van der Waals surface area contributed by atoms with Crippen molar-refractivity contribution in [2.45, 2.75) is 12.8 Å². The van der Waals surface area contributed by atoms with Crippen molar-refractivity contribution < 1.29 is 19.8 Å². The summed E-state index contributed by atoms with van der Waals surface area (Å²) in [6.45, 7) is 0. The molecular weight excluding hydrogens is 244 g/mol. The summed E-state index contributed by atoms with van der Waals surface area (Å²) >= 11 is 5.91. The first-order chi connectivity index (χ1) is 8.02. The van der Waals surface area contributed by atoms with Crippen LogP contribution in [0.1, 0.15) is 22.3 Å². The van der Waals surface area contributed by atoms with Gasteiger partial charge in [0.05, 0.1) is 5.02 Å². The van der Waals surface area contributed by atoms with Crippen LogP contribution in [0.3, 0.4) is 0 Å². The second-order valence-corrected chi connectivity index (χ2v) is 4.14. The smallest absolute Gasteiger partial charge is 0.371 e. The number of rotatable bonds is 1. The molecule has 0 saturated carbocycles. The maximum atomic E-state index is 12.0. The van der Waals surface area contributed by atoms with Crippen molar-refractivity contribution in [3.8, 4) is 0 Å². The third-order valence-corrected chi connectivity index (χ3v) is 3.05. The van der Waals surface area contributed by atoms with Gasteiger partial charge in [-0.1, -0.05) is 23.7 Å². The molecule has 0 spiro atoms. The molecule has 2 N–H and O–H groups in total. The average Bonchev–Trinajstić information content (AvgIpc) is 2.28. The molecular formula is C12H9ClO4. The molecule has 5 heteroatoms. The van der Waals surface area contributed by atoms with E-state index in [0.717, 1.165) is 5.56 Å². The zero-order chi connectivity index (χ0) is 12.6. The van der Waals surface area contributed by atoms with E-state index in [1.165, 1.54) is 0 Å². The van der Waals surface area contributed by atoms with Crippen molar-refractivity contribution in [2.24, 2.45) is 0 Å². The molecule has 1 aromatic rings. The molecule has 4 nitrogen and oxygen atoms in total. The molecule has 0 fully saturated rings. The van der Waals surface area contributed by atoms with E-state index >= 15 is 0 Å².